The number of anilines is 1. The number of aliphatic hydroxyl groups excluding tert-OH is 1. The van der Waals surface area contributed by atoms with Gasteiger partial charge in [-0.15, -0.1) is 0 Å². The number of pyridine rings is 2. The van der Waals surface area contributed by atoms with Crippen LogP contribution in [0.1, 0.15) is 16.8 Å². The summed E-state index contributed by atoms with van der Waals surface area (Å²) in [5.74, 6) is -3.96. The van der Waals surface area contributed by atoms with Crippen molar-refractivity contribution in [3.8, 4) is 5.69 Å². The molecule has 11 heteroatoms. The molecule has 0 aliphatic carbocycles. The minimum absolute atomic E-state index is 0.0273. The van der Waals surface area contributed by atoms with E-state index in [1.165, 1.54) is 17.0 Å². The second-order valence-corrected chi connectivity index (χ2v) is 7.08. The molecular formula is C19H12ClF2N3O5. The maximum atomic E-state index is 14.6. The van der Waals surface area contributed by atoms with E-state index in [-0.39, 0.29) is 34.8 Å². The van der Waals surface area contributed by atoms with Gasteiger partial charge < -0.3 is 10.2 Å². The predicted molar refractivity (Wildman–Crippen MR) is 102 cm³/mol. The number of rotatable bonds is 3. The average molecular weight is 436 g/mol. The van der Waals surface area contributed by atoms with Crippen LogP contribution in [0.2, 0.25) is 5.02 Å². The van der Waals surface area contributed by atoms with Crippen molar-refractivity contribution >= 4 is 40.3 Å². The standard InChI is InChI=1S/C19H12ClF2N3O5/c20-12-3-8(21)4-13(22)16(12)25-7-11(19(29)30)17(28)10-1-2-14(23-18(10)25)24-6-9(26)5-15(24)27/h1-4,7,9,26H,5-6H2,(H,29,30). The zero-order chi connectivity index (χ0) is 21.7. The van der Waals surface area contributed by atoms with Crippen LogP contribution in [0.25, 0.3) is 16.7 Å². The Morgan fingerprint density at radius 3 is 2.57 bits per heavy atom. The summed E-state index contributed by atoms with van der Waals surface area (Å²) < 4.78 is 29.0. The third-order valence-corrected chi connectivity index (χ3v) is 4.96. The molecule has 1 unspecified atom stereocenters. The fraction of sp³-hybridized carbons (Fsp3) is 0.158. The first-order chi connectivity index (χ1) is 14.2. The number of aromatic nitrogens is 2. The fourth-order valence-corrected chi connectivity index (χ4v) is 3.63. The molecule has 154 valence electrons. The predicted octanol–water partition coefficient (Wildman–Crippen LogP) is 2.11. The summed E-state index contributed by atoms with van der Waals surface area (Å²) in [7, 11) is 0. The molecule has 0 spiro atoms. The zero-order valence-corrected chi connectivity index (χ0v) is 15.7. The summed E-state index contributed by atoms with van der Waals surface area (Å²) >= 11 is 6.00. The van der Waals surface area contributed by atoms with Crippen molar-refractivity contribution in [1.29, 1.82) is 0 Å². The minimum Gasteiger partial charge on any atom is -0.477 e. The first kappa shape index (κ1) is 19.9. The summed E-state index contributed by atoms with van der Waals surface area (Å²) in [6.45, 7) is -0.0273. The fourth-order valence-electron chi connectivity index (χ4n) is 3.34. The van der Waals surface area contributed by atoms with Gasteiger partial charge in [0, 0.05) is 12.3 Å². The summed E-state index contributed by atoms with van der Waals surface area (Å²) in [5, 5.41) is 18.5. The topological polar surface area (TPSA) is 113 Å². The van der Waals surface area contributed by atoms with E-state index in [9.17, 15) is 33.4 Å². The molecule has 1 amide bonds. The number of fused-ring (bicyclic) bond motifs is 1. The van der Waals surface area contributed by atoms with E-state index in [4.69, 9.17) is 11.6 Å². The molecule has 3 heterocycles. The Bertz CT molecular complexity index is 1270. The van der Waals surface area contributed by atoms with Crippen LogP contribution >= 0.6 is 11.6 Å². The van der Waals surface area contributed by atoms with Gasteiger partial charge in [0.25, 0.3) is 0 Å². The number of hydrogen-bond donors (Lipinski definition) is 2. The number of carboxylic acids is 1. The van der Waals surface area contributed by atoms with E-state index >= 15 is 0 Å². The van der Waals surface area contributed by atoms with E-state index < -0.39 is 46.3 Å². The van der Waals surface area contributed by atoms with Crippen LogP contribution in [-0.4, -0.2) is 44.3 Å². The van der Waals surface area contributed by atoms with Gasteiger partial charge >= 0.3 is 5.97 Å². The van der Waals surface area contributed by atoms with Crippen LogP contribution in [0, 0.1) is 11.6 Å². The van der Waals surface area contributed by atoms with Gasteiger partial charge in [-0.3, -0.25) is 19.1 Å². The summed E-state index contributed by atoms with van der Waals surface area (Å²) in [5.41, 5.74) is -2.16. The Labute approximate surface area is 171 Å². The Morgan fingerprint density at radius 2 is 1.97 bits per heavy atom. The first-order valence-electron chi connectivity index (χ1n) is 8.60. The lowest BCUT2D eigenvalue weighted by Crippen LogP contribution is -2.27. The smallest absolute Gasteiger partial charge is 0.341 e. The highest BCUT2D eigenvalue weighted by Gasteiger charge is 2.30. The van der Waals surface area contributed by atoms with E-state index in [1.807, 2.05) is 0 Å². The summed E-state index contributed by atoms with van der Waals surface area (Å²) in [6, 6.07) is 3.94. The van der Waals surface area contributed by atoms with Crippen LogP contribution in [0.5, 0.6) is 0 Å². The van der Waals surface area contributed by atoms with Crippen molar-refractivity contribution in [2.24, 2.45) is 0 Å². The van der Waals surface area contributed by atoms with Gasteiger partial charge in [0.2, 0.25) is 11.3 Å². The molecule has 1 aliphatic heterocycles. The van der Waals surface area contributed by atoms with Gasteiger partial charge in [-0.25, -0.2) is 18.6 Å². The Hall–Kier alpha value is -3.37. The number of nitrogens with zero attached hydrogens (tertiary/aromatic N) is 3. The van der Waals surface area contributed by atoms with Gasteiger partial charge in [-0.05, 0) is 18.2 Å². The van der Waals surface area contributed by atoms with Crippen LogP contribution in [-0.2, 0) is 4.79 Å². The molecule has 8 nitrogen and oxygen atoms in total. The molecule has 4 rings (SSSR count). The number of β-amino-alcohol motifs (C(OH)–C–C–N with tert-alkyl or cyclic N) is 1. The molecule has 1 aliphatic rings. The molecule has 0 saturated carbocycles. The lowest BCUT2D eigenvalue weighted by Gasteiger charge is -2.18. The van der Waals surface area contributed by atoms with E-state index in [1.54, 1.807) is 0 Å². The van der Waals surface area contributed by atoms with Gasteiger partial charge in [-0.1, -0.05) is 11.6 Å². The lowest BCUT2D eigenvalue weighted by atomic mass is 10.1. The van der Waals surface area contributed by atoms with Crippen molar-refractivity contribution in [3.05, 3.63) is 62.9 Å². The van der Waals surface area contributed by atoms with Crippen LogP contribution < -0.4 is 10.3 Å². The number of carbonyl (C=O) groups is 2. The molecule has 1 saturated heterocycles. The zero-order valence-electron chi connectivity index (χ0n) is 15.0. The number of benzene rings is 1. The van der Waals surface area contributed by atoms with E-state index in [0.29, 0.717) is 6.07 Å². The van der Waals surface area contributed by atoms with Crippen LogP contribution in [0.15, 0.2) is 35.3 Å². The van der Waals surface area contributed by atoms with Crippen molar-refractivity contribution in [3.63, 3.8) is 0 Å². The third kappa shape index (κ3) is 3.19. The normalized spacial score (nSPS) is 16.5. The molecule has 0 bridgehead atoms. The molecule has 3 aromatic rings. The molecular weight excluding hydrogens is 424 g/mol. The molecule has 1 aromatic carbocycles. The number of halogens is 3. The number of hydrogen-bond acceptors (Lipinski definition) is 5. The maximum Gasteiger partial charge on any atom is 0.341 e. The highest BCUT2D eigenvalue weighted by atomic mass is 35.5. The summed E-state index contributed by atoms with van der Waals surface area (Å²) in [6.07, 6.45) is -0.161. The number of aliphatic hydroxyl groups is 1. The van der Waals surface area contributed by atoms with Crippen molar-refractivity contribution in [2.45, 2.75) is 12.5 Å². The van der Waals surface area contributed by atoms with Gasteiger partial charge in [0.05, 0.1) is 29.5 Å². The SMILES string of the molecule is O=C(O)c1cn(-c2c(F)cc(F)cc2Cl)c2nc(N3CC(O)CC3=O)ccc2c1=O. The molecule has 2 N–H and O–H groups in total. The molecule has 1 fully saturated rings. The molecule has 30 heavy (non-hydrogen) atoms. The Balaban J connectivity index is 2.06. The second kappa shape index (κ2) is 7.15. The highest BCUT2D eigenvalue weighted by Crippen LogP contribution is 2.29. The van der Waals surface area contributed by atoms with Crippen LogP contribution in [0.4, 0.5) is 14.6 Å². The number of carboxylic acid groups (broad SMARTS) is 1. The van der Waals surface area contributed by atoms with Gasteiger partial charge in [0.15, 0.2) is 11.5 Å². The van der Waals surface area contributed by atoms with Crippen molar-refractivity contribution in [1.82, 2.24) is 9.55 Å². The van der Waals surface area contributed by atoms with E-state index in [2.05, 4.69) is 4.98 Å². The molecule has 1 atom stereocenters. The largest absolute Gasteiger partial charge is 0.477 e. The monoisotopic (exact) mass is 435 g/mol. The highest BCUT2D eigenvalue weighted by molar-refractivity contribution is 6.32. The number of amides is 1. The van der Waals surface area contributed by atoms with Crippen molar-refractivity contribution in [2.75, 3.05) is 11.4 Å². The maximum absolute atomic E-state index is 14.6. The number of aromatic carboxylic acids is 1. The number of carbonyl (C=O) groups excluding carboxylic acids is 1. The Kier molecular flexibility index (Phi) is 4.75. The van der Waals surface area contributed by atoms with Gasteiger partial charge in [0.1, 0.15) is 22.9 Å². The Morgan fingerprint density at radius 1 is 1.23 bits per heavy atom. The second-order valence-electron chi connectivity index (χ2n) is 6.67. The average Bonchev–Trinajstić information content (AvgIpc) is 3.00. The third-order valence-electron chi connectivity index (χ3n) is 4.67. The first-order valence-corrected chi connectivity index (χ1v) is 8.98. The van der Waals surface area contributed by atoms with Crippen LogP contribution in [0.3, 0.4) is 0 Å². The minimum atomic E-state index is -1.56. The quantitative estimate of drug-likeness (QED) is 0.651. The van der Waals surface area contributed by atoms with E-state index in [0.717, 1.165) is 16.8 Å². The lowest BCUT2D eigenvalue weighted by molar-refractivity contribution is -0.117. The summed E-state index contributed by atoms with van der Waals surface area (Å²) in [4.78, 5) is 41.6. The van der Waals surface area contributed by atoms with Crippen molar-refractivity contribution < 1.29 is 28.6 Å². The van der Waals surface area contributed by atoms with Gasteiger partial charge in [-0.2, -0.15) is 0 Å². The molecule has 2 aromatic heterocycles. The molecule has 0 radical (unpaired) electrons.